The number of nitrogens with two attached hydrogens (primary N) is 1. The zero-order chi connectivity index (χ0) is 23.6. The average Bonchev–Trinajstić information content (AvgIpc) is 2.83. The number of hydrogen-bond donors (Lipinski definition) is 3. The van der Waals surface area contributed by atoms with Crippen LogP contribution in [0.1, 0.15) is 44.7 Å². The number of aromatic carboxylic acids is 2. The third-order valence-corrected chi connectivity index (χ3v) is 7.03. The highest BCUT2D eigenvalue weighted by Gasteiger charge is 2.31. The summed E-state index contributed by atoms with van der Waals surface area (Å²) in [6, 6.07) is 12.0. The molecule has 0 saturated carbocycles. The first-order valence-corrected chi connectivity index (χ1v) is 11.4. The molecular weight excluding hydrogens is 432 g/mol. The highest BCUT2D eigenvalue weighted by atomic mass is 16.4. The smallest absolute Gasteiger partial charge is 0.342 e. The summed E-state index contributed by atoms with van der Waals surface area (Å²) in [5.41, 5.74) is 6.15. The fourth-order valence-corrected chi connectivity index (χ4v) is 5.63. The monoisotopic (exact) mass is 455 g/mol. The van der Waals surface area contributed by atoms with Gasteiger partial charge in [-0.15, -0.1) is 0 Å². The summed E-state index contributed by atoms with van der Waals surface area (Å²) < 4.78 is 6.45. The normalized spacial score (nSPS) is 14.9. The van der Waals surface area contributed by atoms with E-state index in [1.54, 1.807) is 24.3 Å². The molecule has 1 aliphatic carbocycles. The lowest BCUT2D eigenvalue weighted by atomic mass is 9.85. The van der Waals surface area contributed by atoms with Crippen LogP contribution in [0, 0.1) is 0 Å². The number of anilines is 1. The molecule has 0 amide bonds. The van der Waals surface area contributed by atoms with Crippen LogP contribution in [0.2, 0.25) is 0 Å². The van der Waals surface area contributed by atoms with Gasteiger partial charge in [0, 0.05) is 40.9 Å². The third kappa shape index (κ3) is 2.93. The minimum Gasteiger partial charge on any atom is -0.478 e. The van der Waals surface area contributed by atoms with Crippen LogP contribution in [0.25, 0.3) is 33.4 Å². The quantitative estimate of drug-likeness (QED) is 0.409. The number of carboxylic acids is 2. The molecule has 0 fully saturated rings. The molecule has 0 saturated heterocycles. The molecule has 4 N–H and O–H groups in total. The molecule has 4 aliphatic rings. The van der Waals surface area contributed by atoms with Crippen molar-refractivity contribution in [2.75, 3.05) is 18.0 Å². The number of carboxylic acid groups (broad SMARTS) is 2. The highest BCUT2D eigenvalue weighted by molar-refractivity contribution is 6.09. The van der Waals surface area contributed by atoms with Gasteiger partial charge in [0.25, 0.3) is 0 Å². The number of aryl methyl sites for hydroxylation is 2. The number of benzene rings is 3. The van der Waals surface area contributed by atoms with Crippen LogP contribution in [0.3, 0.4) is 0 Å². The van der Waals surface area contributed by atoms with Gasteiger partial charge >= 0.3 is 11.9 Å². The lowest BCUT2D eigenvalue weighted by molar-refractivity contribution is -0.173. The fourth-order valence-electron chi connectivity index (χ4n) is 5.63. The number of fused-ring (bicyclic) bond motifs is 3. The van der Waals surface area contributed by atoms with Crippen LogP contribution in [0.5, 0.6) is 0 Å². The molecule has 7 heteroatoms. The van der Waals surface area contributed by atoms with Crippen molar-refractivity contribution in [1.82, 2.24) is 0 Å². The zero-order valence-electron chi connectivity index (χ0n) is 18.4. The minimum atomic E-state index is -1.15. The lowest BCUT2D eigenvalue weighted by Gasteiger charge is -2.37. The van der Waals surface area contributed by atoms with E-state index < -0.39 is 11.9 Å². The standard InChI is InChI=1S/C27H22N2O5/c28-21-13-22-19(12-18(21)27(32)33)23(15-6-1-2-7-16(15)26(30)31)20-11-14-5-3-9-29-10-4-8-17(24(14)29)25(20)34-22/h1-2,6-7,11-13,28H,3-5,8-10H2,(H,30,31)(H,32,33)/p+1. The van der Waals surface area contributed by atoms with Crippen molar-refractivity contribution in [3.63, 3.8) is 0 Å². The topological polar surface area (TPSA) is 117 Å². The van der Waals surface area contributed by atoms with E-state index >= 15 is 0 Å². The van der Waals surface area contributed by atoms with E-state index in [1.165, 1.54) is 23.4 Å². The van der Waals surface area contributed by atoms with Gasteiger partial charge in [-0.05, 0) is 55.0 Å². The molecule has 2 aromatic rings. The van der Waals surface area contributed by atoms with Crippen molar-refractivity contribution in [2.24, 2.45) is 0 Å². The molecule has 0 aromatic heterocycles. The first kappa shape index (κ1) is 20.5. The molecule has 3 aliphatic heterocycles. The summed E-state index contributed by atoms with van der Waals surface area (Å²) in [5.74, 6) is -1.75. The number of hydrogen-bond acceptors (Lipinski definition) is 4. The lowest BCUT2D eigenvalue weighted by Crippen LogP contribution is -2.47. The van der Waals surface area contributed by atoms with Gasteiger partial charge in [-0.3, -0.25) is 5.41 Å². The van der Waals surface area contributed by atoms with E-state index in [0.717, 1.165) is 55.3 Å². The van der Waals surface area contributed by atoms with E-state index in [0.29, 0.717) is 22.5 Å². The Morgan fingerprint density at radius 1 is 0.912 bits per heavy atom. The van der Waals surface area contributed by atoms with Gasteiger partial charge in [0.1, 0.15) is 16.9 Å². The van der Waals surface area contributed by atoms with Crippen molar-refractivity contribution in [3.8, 4) is 22.5 Å². The van der Waals surface area contributed by atoms with Gasteiger partial charge in [-0.25, -0.2) is 9.59 Å². The van der Waals surface area contributed by atoms with Crippen molar-refractivity contribution >= 4 is 28.6 Å². The van der Waals surface area contributed by atoms with Gasteiger partial charge in [0.2, 0.25) is 5.36 Å². The first-order valence-electron chi connectivity index (χ1n) is 11.4. The summed E-state index contributed by atoms with van der Waals surface area (Å²) in [6.45, 7) is 2.03. The number of rotatable bonds is 3. The first-order chi connectivity index (χ1) is 16.4. The molecule has 7 nitrogen and oxygen atoms in total. The summed E-state index contributed by atoms with van der Waals surface area (Å²) >= 11 is 0. The predicted molar refractivity (Wildman–Crippen MR) is 126 cm³/mol. The molecule has 0 spiro atoms. The Morgan fingerprint density at radius 3 is 2.41 bits per heavy atom. The van der Waals surface area contributed by atoms with Crippen LogP contribution in [0.15, 0.2) is 46.9 Å². The Balaban J connectivity index is 1.83. The van der Waals surface area contributed by atoms with Gasteiger partial charge in [0.15, 0.2) is 0 Å². The Morgan fingerprint density at radius 2 is 1.65 bits per heavy atom. The molecule has 0 radical (unpaired) electrons. The second-order valence-electron chi connectivity index (χ2n) is 9.00. The maximum atomic E-state index is 12.2. The molecule has 170 valence electrons. The number of carbonyl (C=O) groups is 2. The van der Waals surface area contributed by atoms with E-state index in [4.69, 9.17) is 9.83 Å². The molecule has 2 aromatic carbocycles. The van der Waals surface area contributed by atoms with Crippen molar-refractivity contribution < 1.29 is 29.6 Å². The maximum absolute atomic E-state index is 12.2. The molecular formula is C27H23N2O5+. The van der Waals surface area contributed by atoms with Gasteiger partial charge in [-0.1, -0.05) is 18.2 Å². The van der Waals surface area contributed by atoms with Crippen LogP contribution >= 0.6 is 0 Å². The fraction of sp³-hybridized carbons (Fsp3) is 0.222. The van der Waals surface area contributed by atoms with Gasteiger partial charge < -0.3 is 19.5 Å². The Kier molecular flexibility index (Phi) is 4.49. The summed E-state index contributed by atoms with van der Waals surface area (Å²) in [5, 5.41) is 26.6. The summed E-state index contributed by atoms with van der Waals surface area (Å²) in [7, 11) is 0. The van der Waals surface area contributed by atoms with E-state index in [2.05, 4.69) is 11.0 Å². The molecule has 0 unspecified atom stereocenters. The van der Waals surface area contributed by atoms with Crippen LogP contribution in [-0.2, 0) is 12.8 Å². The van der Waals surface area contributed by atoms with Crippen molar-refractivity contribution in [3.05, 3.63) is 70.1 Å². The van der Waals surface area contributed by atoms with Crippen LogP contribution in [0.4, 0.5) is 5.69 Å². The number of nitrogens with zero attached hydrogens (tertiary/aromatic N) is 1. The second kappa shape index (κ2) is 7.45. The van der Waals surface area contributed by atoms with Gasteiger partial charge in [0.05, 0.1) is 11.6 Å². The molecule has 34 heavy (non-hydrogen) atoms. The molecule has 0 bridgehead atoms. The largest absolute Gasteiger partial charge is 0.478 e. The second-order valence-corrected chi connectivity index (χ2v) is 9.00. The Bertz CT molecular complexity index is 1550. The SMILES string of the molecule is [NH2+]=c1cc2oc3c4c5c(cc3c(-c3ccccc3C(=O)O)c-2cc1C(=O)O)CCCN5CCC4. The van der Waals surface area contributed by atoms with E-state index in [-0.39, 0.29) is 16.5 Å². The van der Waals surface area contributed by atoms with Crippen LogP contribution in [-0.4, -0.2) is 35.2 Å². The summed E-state index contributed by atoms with van der Waals surface area (Å²) in [6.07, 6.45) is 3.88. The Labute approximate surface area is 194 Å². The zero-order valence-corrected chi connectivity index (χ0v) is 18.4. The van der Waals surface area contributed by atoms with Crippen LogP contribution < -0.4 is 15.7 Å². The summed E-state index contributed by atoms with van der Waals surface area (Å²) in [4.78, 5) is 26.5. The van der Waals surface area contributed by atoms with Gasteiger partial charge in [-0.2, -0.15) is 0 Å². The molecule has 3 heterocycles. The maximum Gasteiger partial charge on any atom is 0.342 e. The minimum absolute atomic E-state index is 0.0402. The predicted octanol–water partition coefficient (Wildman–Crippen LogP) is 2.96. The third-order valence-electron chi connectivity index (χ3n) is 7.03. The molecule has 0 atom stereocenters. The van der Waals surface area contributed by atoms with Crippen molar-refractivity contribution in [1.29, 1.82) is 0 Å². The van der Waals surface area contributed by atoms with Crippen molar-refractivity contribution in [2.45, 2.75) is 25.7 Å². The molecule has 6 rings (SSSR count). The Hall–Kier alpha value is -4.13. The van der Waals surface area contributed by atoms with E-state index in [1.807, 2.05) is 0 Å². The van der Waals surface area contributed by atoms with E-state index in [9.17, 15) is 19.8 Å². The average molecular weight is 455 g/mol. The highest BCUT2D eigenvalue weighted by Crippen LogP contribution is 2.47.